The van der Waals surface area contributed by atoms with Gasteiger partial charge in [-0.2, -0.15) is 0 Å². The van der Waals surface area contributed by atoms with Gasteiger partial charge >= 0.3 is 5.97 Å². The number of aliphatic carboxylic acids is 1. The molecule has 2 aromatic rings. The lowest BCUT2D eigenvalue weighted by Gasteiger charge is -2.26. The van der Waals surface area contributed by atoms with Gasteiger partial charge in [0.1, 0.15) is 23.9 Å². The van der Waals surface area contributed by atoms with E-state index in [2.05, 4.69) is 16.0 Å². The molecule has 0 bridgehead atoms. The second kappa shape index (κ2) is 13.2. The quantitative estimate of drug-likeness (QED) is 0.250. The van der Waals surface area contributed by atoms with Crippen molar-refractivity contribution < 1.29 is 29.4 Å². The minimum Gasteiger partial charge on any atom is -0.508 e. The maximum absolute atomic E-state index is 13.3. The molecule has 3 amide bonds. The van der Waals surface area contributed by atoms with Gasteiger partial charge < -0.3 is 31.9 Å². The van der Waals surface area contributed by atoms with Crippen LogP contribution in [0.15, 0.2) is 54.6 Å². The number of nitrogens with one attached hydrogen (secondary N) is 3. The summed E-state index contributed by atoms with van der Waals surface area (Å²) < 4.78 is 0. The van der Waals surface area contributed by atoms with Crippen LogP contribution in [0.1, 0.15) is 31.9 Å². The largest absolute Gasteiger partial charge is 0.508 e. The second-order valence-electron chi connectivity index (χ2n) is 9.04. The molecule has 4 atom stereocenters. The summed E-state index contributed by atoms with van der Waals surface area (Å²) in [6, 6.07) is 10.9. The van der Waals surface area contributed by atoms with Crippen LogP contribution >= 0.6 is 0 Å². The molecule has 0 aliphatic carbocycles. The molecule has 2 aromatic carbocycles. The first kappa shape index (κ1) is 28.3. The number of carbonyl (C=O) groups is 4. The standard InChI is InChI=1S/C26H34N4O6/c1-15(2)22(26(35)36)30-25(34)21(14-18-9-11-19(31)12-10-18)29-24(33)20(28-23(32)16(3)27)13-17-7-5-4-6-8-17/h4-12,15-16,20-22,31H,13-14,27H2,1-3H3,(H,28,32)(H,29,33)(H,30,34)(H,35,36). The highest BCUT2D eigenvalue weighted by Gasteiger charge is 2.31. The number of carboxylic acids is 1. The van der Waals surface area contributed by atoms with Crippen LogP contribution in [0.4, 0.5) is 0 Å². The molecule has 0 fully saturated rings. The van der Waals surface area contributed by atoms with E-state index in [1.807, 2.05) is 6.07 Å². The third-order valence-electron chi connectivity index (χ3n) is 5.57. The van der Waals surface area contributed by atoms with Crippen LogP contribution in [0.2, 0.25) is 0 Å². The van der Waals surface area contributed by atoms with E-state index in [-0.39, 0.29) is 18.6 Å². The van der Waals surface area contributed by atoms with Crippen LogP contribution in [0.3, 0.4) is 0 Å². The van der Waals surface area contributed by atoms with E-state index in [0.29, 0.717) is 5.56 Å². The first-order chi connectivity index (χ1) is 17.0. The van der Waals surface area contributed by atoms with E-state index in [4.69, 9.17) is 5.73 Å². The normalized spacial score (nSPS) is 14.2. The van der Waals surface area contributed by atoms with Gasteiger partial charge in [0.05, 0.1) is 6.04 Å². The van der Waals surface area contributed by atoms with E-state index in [1.165, 1.54) is 19.1 Å². The maximum atomic E-state index is 13.3. The minimum atomic E-state index is -1.20. The Kier molecular flexibility index (Phi) is 10.4. The van der Waals surface area contributed by atoms with Crippen LogP contribution in [0.25, 0.3) is 0 Å². The molecule has 4 unspecified atom stereocenters. The number of aromatic hydroxyl groups is 1. The third kappa shape index (κ3) is 8.70. The number of benzene rings is 2. The first-order valence-electron chi connectivity index (χ1n) is 11.7. The molecule has 0 saturated heterocycles. The van der Waals surface area contributed by atoms with Gasteiger partial charge in [0, 0.05) is 12.8 Å². The Hall–Kier alpha value is -3.92. The average molecular weight is 499 g/mol. The molecular formula is C26H34N4O6. The van der Waals surface area contributed by atoms with Gasteiger partial charge in [0.15, 0.2) is 0 Å². The zero-order valence-electron chi connectivity index (χ0n) is 20.6. The second-order valence-corrected chi connectivity index (χ2v) is 9.04. The Morgan fingerprint density at radius 1 is 0.750 bits per heavy atom. The fraction of sp³-hybridized carbons (Fsp3) is 0.385. The topological polar surface area (TPSA) is 171 Å². The molecule has 194 valence electrons. The van der Waals surface area contributed by atoms with E-state index >= 15 is 0 Å². The fourth-order valence-electron chi connectivity index (χ4n) is 3.48. The molecule has 0 aliphatic rings. The van der Waals surface area contributed by atoms with Gasteiger partial charge in [-0.3, -0.25) is 14.4 Å². The maximum Gasteiger partial charge on any atom is 0.326 e. The minimum absolute atomic E-state index is 0.0293. The molecule has 0 saturated carbocycles. The van der Waals surface area contributed by atoms with Crippen molar-refractivity contribution in [1.82, 2.24) is 16.0 Å². The third-order valence-corrected chi connectivity index (χ3v) is 5.57. The number of hydrogen-bond acceptors (Lipinski definition) is 6. The highest BCUT2D eigenvalue weighted by atomic mass is 16.4. The van der Waals surface area contributed by atoms with E-state index in [9.17, 15) is 29.4 Å². The Balaban J connectivity index is 2.30. The summed E-state index contributed by atoms with van der Waals surface area (Å²) in [4.78, 5) is 50.4. The Bertz CT molecular complexity index is 1040. The van der Waals surface area contributed by atoms with Crippen molar-refractivity contribution in [2.75, 3.05) is 0 Å². The molecule has 0 aromatic heterocycles. The average Bonchev–Trinajstić information content (AvgIpc) is 2.82. The molecule has 10 nitrogen and oxygen atoms in total. The van der Waals surface area contributed by atoms with Gasteiger partial charge in [-0.15, -0.1) is 0 Å². The van der Waals surface area contributed by atoms with Gasteiger partial charge in [0.25, 0.3) is 0 Å². The van der Waals surface area contributed by atoms with Gasteiger partial charge in [0.2, 0.25) is 17.7 Å². The highest BCUT2D eigenvalue weighted by Crippen LogP contribution is 2.13. The number of phenols is 1. The SMILES string of the molecule is CC(N)C(=O)NC(Cc1ccccc1)C(=O)NC(Cc1ccc(O)cc1)C(=O)NC(C(=O)O)C(C)C. The van der Waals surface area contributed by atoms with E-state index < -0.39 is 53.8 Å². The number of carbonyl (C=O) groups excluding carboxylic acids is 3. The number of carboxylic acid groups (broad SMARTS) is 1. The van der Waals surface area contributed by atoms with Gasteiger partial charge in [-0.25, -0.2) is 4.79 Å². The first-order valence-corrected chi connectivity index (χ1v) is 11.7. The highest BCUT2D eigenvalue weighted by molar-refractivity contribution is 5.94. The Morgan fingerprint density at radius 3 is 1.69 bits per heavy atom. The molecule has 7 N–H and O–H groups in total. The van der Waals surface area contributed by atoms with Crippen molar-refractivity contribution in [3.63, 3.8) is 0 Å². The number of nitrogens with two attached hydrogens (primary N) is 1. The fourth-order valence-corrected chi connectivity index (χ4v) is 3.48. The zero-order chi connectivity index (χ0) is 26.8. The van der Waals surface area contributed by atoms with Crippen molar-refractivity contribution in [3.05, 3.63) is 65.7 Å². The van der Waals surface area contributed by atoms with Crippen molar-refractivity contribution in [1.29, 1.82) is 0 Å². The van der Waals surface area contributed by atoms with Crippen molar-refractivity contribution in [3.8, 4) is 5.75 Å². The molecule has 0 spiro atoms. The molecule has 10 heteroatoms. The van der Waals surface area contributed by atoms with Crippen LogP contribution in [0.5, 0.6) is 5.75 Å². The molecular weight excluding hydrogens is 464 g/mol. The van der Waals surface area contributed by atoms with Gasteiger partial charge in [-0.05, 0) is 36.1 Å². The lowest BCUT2D eigenvalue weighted by Crippen LogP contribution is -2.58. The molecule has 0 radical (unpaired) electrons. The molecule has 0 heterocycles. The van der Waals surface area contributed by atoms with Crippen molar-refractivity contribution >= 4 is 23.7 Å². The van der Waals surface area contributed by atoms with Crippen LogP contribution in [-0.2, 0) is 32.0 Å². The van der Waals surface area contributed by atoms with Crippen LogP contribution < -0.4 is 21.7 Å². The number of rotatable bonds is 12. The lowest BCUT2D eigenvalue weighted by atomic mass is 10.0. The van der Waals surface area contributed by atoms with Gasteiger partial charge in [-0.1, -0.05) is 56.3 Å². The number of phenolic OH excluding ortho intramolecular Hbond substituents is 1. The summed E-state index contributed by atoms with van der Waals surface area (Å²) in [6.07, 6.45) is 0.185. The zero-order valence-corrected chi connectivity index (χ0v) is 20.6. The Labute approximate surface area is 210 Å². The summed E-state index contributed by atoms with van der Waals surface area (Å²) in [5, 5.41) is 26.8. The predicted molar refractivity (Wildman–Crippen MR) is 134 cm³/mol. The lowest BCUT2D eigenvalue weighted by molar-refractivity contribution is -0.143. The summed E-state index contributed by atoms with van der Waals surface area (Å²) >= 11 is 0. The number of amides is 3. The smallest absolute Gasteiger partial charge is 0.326 e. The van der Waals surface area contributed by atoms with E-state index in [0.717, 1.165) is 5.56 Å². The molecule has 36 heavy (non-hydrogen) atoms. The molecule has 2 rings (SSSR count). The van der Waals surface area contributed by atoms with Crippen LogP contribution in [0, 0.1) is 5.92 Å². The van der Waals surface area contributed by atoms with Crippen molar-refractivity contribution in [2.45, 2.75) is 57.8 Å². The van der Waals surface area contributed by atoms with E-state index in [1.54, 1.807) is 50.2 Å². The predicted octanol–water partition coefficient (Wildman–Crippen LogP) is 0.720. The number of hydrogen-bond donors (Lipinski definition) is 6. The monoisotopic (exact) mass is 498 g/mol. The summed E-state index contributed by atoms with van der Waals surface area (Å²) in [7, 11) is 0. The van der Waals surface area contributed by atoms with Crippen molar-refractivity contribution in [2.24, 2.45) is 11.7 Å². The summed E-state index contributed by atoms with van der Waals surface area (Å²) in [6.45, 7) is 4.81. The summed E-state index contributed by atoms with van der Waals surface area (Å²) in [5.41, 5.74) is 7.08. The molecule has 0 aliphatic heterocycles. The summed E-state index contributed by atoms with van der Waals surface area (Å²) in [5.74, 6) is -3.39. The Morgan fingerprint density at radius 2 is 1.22 bits per heavy atom. The van der Waals surface area contributed by atoms with Crippen LogP contribution in [-0.4, -0.2) is 58.1 Å².